The fourth-order valence-electron chi connectivity index (χ4n) is 2.33. The number of fused-ring (bicyclic) bond motifs is 1. The van der Waals surface area contributed by atoms with Crippen LogP contribution in [0.5, 0.6) is 5.75 Å². The standard InChI is InChI=1S/C16H10F3N3O7S/c17-16(18,19)30(26,27)29-12-10-6-20-8-21-13(10)22(14(23)11(12)15(24)25)28-7-9-4-2-1-3-5-9/h1-6,8H,7H2,(H,24,25)/p-1. The Hall–Kier alpha value is -3.68. The predicted molar refractivity (Wildman–Crippen MR) is 90.5 cm³/mol. The highest BCUT2D eigenvalue weighted by Gasteiger charge is 2.49. The predicted octanol–water partition coefficient (Wildman–Crippen LogP) is 0.0122. The fourth-order valence-corrected chi connectivity index (χ4v) is 2.82. The summed E-state index contributed by atoms with van der Waals surface area (Å²) in [5, 5.41) is 10.8. The summed E-state index contributed by atoms with van der Waals surface area (Å²) in [6.45, 7) is -0.257. The Bertz CT molecular complexity index is 1270. The van der Waals surface area contributed by atoms with Crippen LogP contribution in [0.3, 0.4) is 0 Å². The third-order valence-electron chi connectivity index (χ3n) is 3.64. The first-order chi connectivity index (χ1) is 14.0. The zero-order chi connectivity index (χ0) is 22.1. The van der Waals surface area contributed by atoms with E-state index in [4.69, 9.17) is 4.84 Å². The second-order valence-electron chi connectivity index (χ2n) is 5.59. The van der Waals surface area contributed by atoms with E-state index in [9.17, 15) is 36.3 Å². The summed E-state index contributed by atoms with van der Waals surface area (Å²) in [5.41, 5.74) is -8.93. The highest BCUT2D eigenvalue weighted by atomic mass is 32.2. The van der Waals surface area contributed by atoms with Gasteiger partial charge in [-0.25, -0.2) is 9.97 Å². The summed E-state index contributed by atoms with van der Waals surface area (Å²) in [6.07, 6.45) is 1.64. The van der Waals surface area contributed by atoms with E-state index < -0.39 is 49.5 Å². The molecule has 0 saturated carbocycles. The number of carbonyl (C=O) groups is 1. The molecule has 158 valence electrons. The van der Waals surface area contributed by atoms with Gasteiger partial charge in [-0.2, -0.15) is 21.6 Å². The van der Waals surface area contributed by atoms with Crippen LogP contribution in [-0.2, 0) is 16.7 Å². The van der Waals surface area contributed by atoms with Crippen molar-refractivity contribution in [3.8, 4) is 5.75 Å². The van der Waals surface area contributed by atoms with Gasteiger partial charge in [0.15, 0.2) is 11.4 Å². The third kappa shape index (κ3) is 3.89. The van der Waals surface area contributed by atoms with Crippen molar-refractivity contribution in [3.05, 3.63) is 64.3 Å². The van der Waals surface area contributed by atoms with Crippen molar-refractivity contribution >= 4 is 27.1 Å². The molecule has 0 aliphatic heterocycles. The normalized spacial score (nSPS) is 12.0. The molecule has 0 aliphatic rings. The van der Waals surface area contributed by atoms with E-state index in [2.05, 4.69) is 14.2 Å². The van der Waals surface area contributed by atoms with Gasteiger partial charge in [-0.1, -0.05) is 30.3 Å². The van der Waals surface area contributed by atoms with Crippen LogP contribution >= 0.6 is 0 Å². The molecule has 3 rings (SSSR count). The molecule has 0 amide bonds. The third-order valence-corrected chi connectivity index (χ3v) is 4.59. The van der Waals surface area contributed by atoms with Gasteiger partial charge in [0.05, 0.1) is 11.4 Å². The largest absolute Gasteiger partial charge is 0.544 e. The van der Waals surface area contributed by atoms with Crippen LogP contribution in [0.15, 0.2) is 47.7 Å². The number of hydrogen-bond donors (Lipinski definition) is 0. The first-order valence-corrected chi connectivity index (χ1v) is 9.22. The molecule has 1 aromatic carbocycles. The van der Waals surface area contributed by atoms with E-state index in [1.165, 1.54) is 0 Å². The molecule has 2 aromatic heterocycles. The first kappa shape index (κ1) is 21.0. The van der Waals surface area contributed by atoms with Gasteiger partial charge in [0.25, 0.3) is 5.56 Å². The van der Waals surface area contributed by atoms with Gasteiger partial charge in [0.2, 0.25) is 0 Å². The van der Waals surface area contributed by atoms with E-state index in [0.29, 0.717) is 10.3 Å². The molecule has 0 N–H and O–H groups in total. The van der Waals surface area contributed by atoms with Gasteiger partial charge in [-0.05, 0) is 5.56 Å². The number of hydrogen-bond acceptors (Lipinski definition) is 9. The summed E-state index contributed by atoms with van der Waals surface area (Å²) >= 11 is 0. The van der Waals surface area contributed by atoms with Gasteiger partial charge < -0.3 is 18.9 Å². The van der Waals surface area contributed by atoms with Crippen LogP contribution in [0, 0.1) is 0 Å². The van der Waals surface area contributed by atoms with Crippen molar-refractivity contribution < 1.29 is 40.5 Å². The monoisotopic (exact) mass is 444 g/mol. The lowest BCUT2D eigenvalue weighted by Crippen LogP contribution is -2.38. The summed E-state index contributed by atoms with van der Waals surface area (Å²) in [4.78, 5) is 36.5. The van der Waals surface area contributed by atoms with Gasteiger partial charge in [-0.3, -0.25) is 4.79 Å². The molecule has 0 saturated heterocycles. The molecule has 14 heteroatoms. The molecule has 0 radical (unpaired) electrons. The summed E-state index contributed by atoms with van der Waals surface area (Å²) in [7, 11) is -6.32. The SMILES string of the molecule is O=C([O-])c1c(OS(=O)(=O)C(F)(F)F)c2cncnc2n(OCc2ccccc2)c1=O. The number of pyridine rings is 1. The molecule has 3 aromatic rings. The molecule has 0 aliphatic carbocycles. The smallest absolute Gasteiger partial charge is 0.534 e. The van der Waals surface area contributed by atoms with Crippen molar-refractivity contribution in [2.24, 2.45) is 0 Å². The number of carbonyl (C=O) groups excluding carboxylic acids is 1. The second-order valence-corrected chi connectivity index (χ2v) is 7.13. The highest BCUT2D eigenvalue weighted by molar-refractivity contribution is 7.88. The molecule has 0 fully saturated rings. The highest BCUT2D eigenvalue weighted by Crippen LogP contribution is 2.32. The molecule has 0 spiro atoms. The maximum atomic E-state index is 12.7. The number of carboxylic acid groups (broad SMARTS) is 1. The zero-order valence-corrected chi connectivity index (χ0v) is 15.3. The number of halogens is 3. The molecule has 0 atom stereocenters. The topological polar surface area (TPSA) is 141 Å². The van der Waals surface area contributed by atoms with Crippen LogP contribution < -0.4 is 19.7 Å². The number of alkyl halides is 3. The van der Waals surface area contributed by atoms with Gasteiger partial charge in [0, 0.05) is 6.20 Å². The van der Waals surface area contributed by atoms with Crippen molar-refractivity contribution in [2.45, 2.75) is 12.1 Å². The number of rotatable bonds is 6. The lowest BCUT2D eigenvalue weighted by Gasteiger charge is -2.18. The van der Waals surface area contributed by atoms with Crippen LogP contribution in [0.2, 0.25) is 0 Å². The van der Waals surface area contributed by atoms with E-state index in [1.807, 2.05) is 0 Å². The van der Waals surface area contributed by atoms with Gasteiger partial charge in [-0.15, -0.1) is 4.73 Å². The Morgan fingerprint density at radius 2 is 1.87 bits per heavy atom. The first-order valence-electron chi connectivity index (χ1n) is 7.81. The lowest BCUT2D eigenvalue weighted by molar-refractivity contribution is -0.255. The zero-order valence-electron chi connectivity index (χ0n) is 14.5. The number of nitrogens with zero attached hydrogens (tertiary/aromatic N) is 3. The van der Waals surface area contributed by atoms with Crippen molar-refractivity contribution in [2.75, 3.05) is 0 Å². The lowest BCUT2D eigenvalue weighted by atomic mass is 10.2. The molecular formula is C16H9F3N3O7S-. The van der Waals surface area contributed by atoms with E-state index in [1.54, 1.807) is 30.3 Å². The van der Waals surface area contributed by atoms with Gasteiger partial charge in [0.1, 0.15) is 18.5 Å². The Balaban J connectivity index is 2.23. The number of benzene rings is 1. The van der Waals surface area contributed by atoms with Crippen molar-refractivity contribution in [3.63, 3.8) is 0 Å². The Morgan fingerprint density at radius 3 is 2.47 bits per heavy atom. The Labute approximate surface area is 165 Å². The average molecular weight is 444 g/mol. The van der Waals surface area contributed by atoms with Crippen LogP contribution in [-0.4, -0.2) is 34.6 Å². The fraction of sp³-hybridized carbons (Fsp3) is 0.125. The molecule has 0 bridgehead atoms. The summed E-state index contributed by atoms with van der Waals surface area (Å²) in [5.74, 6) is -3.73. The Morgan fingerprint density at radius 1 is 1.20 bits per heavy atom. The number of aromatic carboxylic acids is 1. The molecule has 30 heavy (non-hydrogen) atoms. The molecule has 2 heterocycles. The quantitative estimate of drug-likeness (QED) is 0.380. The van der Waals surface area contributed by atoms with Crippen LogP contribution in [0.4, 0.5) is 13.2 Å². The minimum absolute atomic E-state index is 0.257. The van der Waals surface area contributed by atoms with Gasteiger partial charge >= 0.3 is 15.6 Å². The minimum Gasteiger partial charge on any atom is -0.544 e. The van der Waals surface area contributed by atoms with E-state index in [0.717, 1.165) is 12.5 Å². The Kier molecular flexibility index (Phi) is 5.35. The molecular weight excluding hydrogens is 435 g/mol. The van der Waals surface area contributed by atoms with Crippen molar-refractivity contribution in [1.29, 1.82) is 0 Å². The average Bonchev–Trinajstić information content (AvgIpc) is 2.67. The minimum atomic E-state index is -6.32. The van der Waals surface area contributed by atoms with Crippen molar-refractivity contribution in [1.82, 2.24) is 14.7 Å². The number of carboxylic acids is 1. The van der Waals surface area contributed by atoms with E-state index >= 15 is 0 Å². The van der Waals surface area contributed by atoms with Crippen LogP contribution in [0.25, 0.3) is 11.0 Å². The summed E-state index contributed by atoms with van der Waals surface area (Å²) < 4.78 is 65.3. The molecule has 10 nitrogen and oxygen atoms in total. The second kappa shape index (κ2) is 7.62. The molecule has 0 unspecified atom stereocenters. The summed E-state index contributed by atoms with van der Waals surface area (Å²) in [6, 6.07) is 8.27. The van der Waals surface area contributed by atoms with Crippen LogP contribution in [0.1, 0.15) is 15.9 Å². The number of aromatic nitrogens is 3. The maximum absolute atomic E-state index is 12.7. The maximum Gasteiger partial charge on any atom is 0.534 e. The van der Waals surface area contributed by atoms with E-state index in [-0.39, 0.29) is 6.61 Å².